The number of halogens is 2. The molecule has 1 fully saturated rings. The van der Waals surface area contributed by atoms with Gasteiger partial charge in [-0.3, -0.25) is 15.1 Å². The average Bonchev–Trinajstić information content (AvgIpc) is 2.93. The second-order valence-electron chi connectivity index (χ2n) is 5.17. The number of hydrogen-bond donors (Lipinski definition) is 2. The van der Waals surface area contributed by atoms with Crippen LogP contribution in [0.3, 0.4) is 0 Å². The number of rotatable bonds is 5. The molecule has 1 aliphatic carbocycles. The van der Waals surface area contributed by atoms with E-state index in [9.17, 15) is 10.1 Å². The Morgan fingerprint density at radius 2 is 2.14 bits per heavy atom. The van der Waals surface area contributed by atoms with Gasteiger partial charge >= 0.3 is 0 Å². The monoisotopic (exact) mass is 438 g/mol. The van der Waals surface area contributed by atoms with Crippen LogP contribution < -0.4 is 11.1 Å². The lowest BCUT2D eigenvalue weighted by Gasteiger charge is -2.12. The van der Waals surface area contributed by atoms with Crippen molar-refractivity contribution in [2.75, 3.05) is 6.54 Å². The van der Waals surface area contributed by atoms with Crippen LogP contribution >= 0.6 is 35.6 Å². The third-order valence-corrected chi connectivity index (χ3v) is 3.85. The molecule has 0 saturated heterocycles. The molecule has 0 radical (unpaired) electrons. The normalized spacial score (nSPS) is 15.4. The highest BCUT2D eigenvalue weighted by Crippen LogP contribution is 2.23. The minimum atomic E-state index is -0.426. The Kier molecular flexibility index (Phi) is 7.88. The number of nitrogens with two attached hydrogens (primary N) is 1. The Hall–Kier alpha value is -1.09. The van der Waals surface area contributed by atoms with Gasteiger partial charge in [-0.25, -0.2) is 0 Å². The lowest BCUT2D eigenvalue weighted by molar-refractivity contribution is -0.385. The topological polar surface area (TPSA) is 93.5 Å². The SMILES string of the molecule is I.NC(=NCCc1ccc(Cl)cc1[N+](=O)[O-])NC1CCCC1. The van der Waals surface area contributed by atoms with Crippen LogP contribution in [0.25, 0.3) is 0 Å². The van der Waals surface area contributed by atoms with Crippen molar-refractivity contribution in [3.63, 3.8) is 0 Å². The Labute approximate surface area is 151 Å². The van der Waals surface area contributed by atoms with Crippen molar-refractivity contribution >= 4 is 47.2 Å². The maximum atomic E-state index is 11.0. The van der Waals surface area contributed by atoms with Gasteiger partial charge in [-0.05, 0) is 25.3 Å². The van der Waals surface area contributed by atoms with Crippen LogP contribution in [0.5, 0.6) is 0 Å². The van der Waals surface area contributed by atoms with Gasteiger partial charge in [0, 0.05) is 29.2 Å². The molecule has 22 heavy (non-hydrogen) atoms. The minimum Gasteiger partial charge on any atom is -0.370 e. The molecular formula is C14H20ClIN4O2. The Balaban J connectivity index is 0.00000242. The number of nitrogens with zero attached hydrogens (tertiary/aromatic N) is 2. The van der Waals surface area contributed by atoms with Crippen molar-refractivity contribution in [3.05, 3.63) is 38.9 Å². The van der Waals surface area contributed by atoms with Gasteiger partial charge in [-0.15, -0.1) is 24.0 Å². The van der Waals surface area contributed by atoms with Crippen LogP contribution in [0.4, 0.5) is 5.69 Å². The van der Waals surface area contributed by atoms with Crippen molar-refractivity contribution in [1.82, 2.24) is 5.32 Å². The number of hydrogen-bond acceptors (Lipinski definition) is 3. The zero-order chi connectivity index (χ0) is 15.2. The first kappa shape index (κ1) is 19.0. The van der Waals surface area contributed by atoms with Crippen molar-refractivity contribution < 1.29 is 4.92 Å². The maximum absolute atomic E-state index is 11.0. The van der Waals surface area contributed by atoms with Gasteiger partial charge in [-0.1, -0.05) is 30.5 Å². The molecule has 0 aromatic heterocycles. The first-order valence-electron chi connectivity index (χ1n) is 7.05. The molecule has 8 heteroatoms. The average molecular weight is 439 g/mol. The number of nitrogens with one attached hydrogen (secondary N) is 1. The van der Waals surface area contributed by atoms with E-state index in [-0.39, 0.29) is 29.7 Å². The first-order chi connectivity index (χ1) is 10.1. The van der Waals surface area contributed by atoms with E-state index in [1.165, 1.54) is 18.9 Å². The van der Waals surface area contributed by atoms with Crippen LogP contribution in [0.15, 0.2) is 23.2 Å². The Morgan fingerprint density at radius 3 is 2.77 bits per heavy atom. The lowest BCUT2D eigenvalue weighted by atomic mass is 10.1. The predicted molar refractivity (Wildman–Crippen MR) is 99.1 cm³/mol. The highest BCUT2D eigenvalue weighted by Gasteiger charge is 2.15. The molecule has 0 heterocycles. The van der Waals surface area contributed by atoms with Crippen LogP contribution in [-0.2, 0) is 6.42 Å². The number of nitro benzene ring substituents is 1. The lowest BCUT2D eigenvalue weighted by Crippen LogP contribution is -2.38. The van der Waals surface area contributed by atoms with E-state index in [4.69, 9.17) is 17.3 Å². The summed E-state index contributed by atoms with van der Waals surface area (Å²) in [6, 6.07) is 5.09. The molecule has 1 aromatic carbocycles. The quantitative estimate of drug-likeness (QED) is 0.243. The van der Waals surface area contributed by atoms with Gasteiger partial charge in [0.2, 0.25) is 0 Å². The fourth-order valence-corrected chi connectivity index (χ4v) is 2.71. The fourth-order valence-electron chi connectivity index (χ4n) is 2.54. The second-order valence-corrected chi connectivity index (χ2v) is 5.61. The number of aliphatic imine (C=N–C) groups is 1. The summed E-state index contributed by atoms with van der Waals surface area (Å²) in [7, 11) is 0. The van der Waals surface area contributed by atoms with Gasteiger partial charge in [-0.2, -0.15) is 0 Å². The molecule has 3 N–H and O–H groups in total. The highest BCUT2D eigenvalue weighted by molar-refractivity contribution is 14.0. The van der Waals surface area contributed by atoms with Gasteiger partial charge in [0.25, 0.3) is 5.69 Å². The van der Waals surface area contributed by atoms with Crippen molar-refractivity contribution in [3.8, 4) is 0 Å². The molecule has 0 bridgehead atoms. The standard InChI is InChI=1S/C14H19ClN4O2.HI/c15-11-6-5-10(13(9-11)19(20)21)7-8-17-14(16)18-12-3-1-2-4-12;/h5-6,9,12H,1-4,7-8H2,(H3,16,17,18);1H. The molecule has 6 nitrogen and oxygen atoms in total. The summed E-state index contributed by atoms with van der Waals surface area (Å²) in [5.74, 6) is 0.415. The molecule has 0 amide bonds. The van der Waals surface area contributed by atoms with Crippen molar-refractivity contribution in [2.45, 2.75) is 38.1 Å². The maximum Gasteiger partial charge on any atom is 0.274 e. The fraction of sp³-hybridized carbons (Fsp3) is 0.500. The third-order valence-electron chi connectivity index (χ3n) is 3.61. The molecule has 0 atom stereocenters. The van der Waals surface area contributed by atoms with E-state index in [0.717, 1.165) is 12.8 Å². The molecule has 0 aliphatic heterocycles. The van der Waals surface area contributed by atoms with Crippen molar-refractivity contribution in [2.24, 2.45) is 10.7 Å². The molecule has 0 spiro atoms. The van der Waals surface area contributed by atoms with E-state index in [2.05, 4.69) is 10.3 Å². The van der Waals surface area contributed by atoms with Crippen LogP contribution in [0.1, 0.15) is 31.2 Å². The zero-order valence-electron chi connectivity index (χ0n) is 12.1. The second kappa shape index (κ2) is 9.14. The smallest absolute Gasteiger partial charge is 0.274 e. The van der Waals surface area contributed by atoms with Gasteiger partial charge in [0.1, 0.15) is 0 Å². The summed E-state index contributed by atoms with van der Waals surface area (Å²) < 4.78 is 0. The number of guanidine groups is 1. The Morgan fingerprint density at radius 1 is 1.45 bits per heavy atom. The minimum absolute atomic E-state index is 0. The molecule has 2 rings (SSSR count). The zero-order valence-corrected chi connectivity index (χ0v) is 15.2. The predicted octanol–water partition coefficient (Wildman–Crippen LogP) is 3.26. The largest absolute Gasteiger partial charge is 0.370 e. The molecule has 0 unspecified atom stereocenters. The number of nitro groups is 1. The third kappa shape index (κ3) is 5.60. The summed E-state index contributed by atoms with van der Waals surface area (Å²) in [5.41, 5.74) is 6.46. The van der Waals surface area contributed by atoms with E-state index in [0.29, 0.717) is 35.6 Å². The van der Waals surface area contributed by atoms with Gasteiger partial charge in [0.15, 0.2) is 5.96 Å². The van der Waals surface area contributed by atoms with Gasteiger partial charge in [0.05, 0.1) is 4.92 Å². The van der Waals surface area contributed by atoms with Gasteiger partial charge < -0.3 is 11.1 Å². The summed E-state index contributed by atoms with van der Waals surface area (Å²) in [6.45, 7) is 0.411. The van der Waals surface area contributed by atoms with Crippen LogP contribution in [0.2, 0.25) is 5.02 Å². The summed E-state index contributed by atoms with van der Waals surface area (Å²) in [5, 5.41) is 14.5. The molecule has 1 aliphatic rings. The summed E-state index contributed by atoms with van der Waals surface area (Å²) in [4.78, 5) is 14.8. The molecular weight excluding hydrogens is 419 g/mol. The summed E-state index contributed by atoms with van der Waals surface area (Å²) in [6.07, 6.45) is 5.15. The molecule has 1 saturated carbocycles. The summed E-state index contributed by atoms with van der Waals surface area (Å²) >= 11 is 5.78. The van der Waals surface area contributed by atoms with E-state index < -0.39 is 4.92 Å². The van der Waals surface area contributed by atoms with E-state index >= 15 is 0 Å². The highest BCUT2D eigenvalue weighted by atomic mass is 127. The first-order valence-corrected chi connectivity index (χ1v) is 7.43. The van der Waals surface area contributed by atoms with E-state index in [1.54, 1.807) is 12.1 Å². The van der Waals surface area contributed by atoms with Crippen LogP contribution in [-0.4, -0.2) is 23.5 Å². The van der Waals surface area contributed by atoms with Crippen LogP contribution in [0, 0.1) is 10.1 Å². The molecule has 1 aromatic rings. The number of benzene rings is 1. The Bertz CT molecular complexity index is 548. The van der Waals surface area contributed by atoms with E-state index in [1.807, 2.05) is 0 Å². The van der Waals surface area contributed by atoms with Crippen molar-refractivity contribution in [1.29, 1.82) is 0 Å². The molecule has 122 valence electrons.